The lowest BCUT2D eigenvalue weighted by Crippen LogP contribution is -2.12. The van der Waals surface area contributed by atoms with Gasteiger partial charge in [0, 0.05) is 23.2 Å². The van der Waals surface area contributed by atoms with Crippen molar-refractivity contribution in [1.82, 2.24) is 15.0 Å². The number of hydrogen-bond acceptors (Lipinski definition) is 5. The van der Waals surface area contributed by atoms with Gasteiger partial charge in [-0.3, -0.25) is 14.6 Å². The van der Waals surface area contributed by atoms with Gasteiger partial charge < -0.3 is 9.72 Å². The lowest BCUT2D eigenvalue weighted by Gasteiger charge is -2.07. The number of pyridine rings is 1. The highest BCUT2D eigenvalue weighted by atomic mass is 79.9. The molecule has 7 heteroatoms. The Hall–Kier alpha value is -2.54. The van der Waals surface area contributed by atoms with Crippen molar-refractivity contribution in [2.75, 3.05) is 0 Å². The predicted octanol–water partition coefficient (Wildman–Crippen LogP) is 2.81. The van der Waals surface area contributed by atoms with E-state index in [0.717, 1.165) is 10.0 Å². The first-order chi connectivity index (χ1) is 11.0. The molecule has 6 nitrogen and oxygen atoms in total. The molecule has 1 aromatic carbocycles. The molecule has 0 unspecified atom stereocenters. The summed E-state index contributed by atoms with van der Waals surface area (Å²) in [5.74, 6) is 0.0221. The molecule has 3 aromatic rings. The van der Waals surface area contributed by atoms with Gasteiger partial charge in [0.15, 0.2) is 0 Å². The van der Waals surface area contributed by atoms with Gasteiger partial charge in [-0.25, -0.2) is 4.98 Å². The summed E-state index contributed by atoms with van der Waals surface area (Å²) < 4.78 is 5.91. The molecule has 0 amide bonds. The molecule has 3 rings (SSSR count). The van der Waals surface area contributed by atoms with Crippen molar-refractivity contribution in [3.63, 3.8) is 0 Å². The van der Waals surface area contributed by atoms with E-state index in [9.17, 15) is 9.59 Å². The molecule has 0 aliphatic heterocycles. The van der Waals surface area contributed by atoms with Crippen LogP contribution < -0.4 is 5.56 Å². The van der Waals surface area contributed by atoms with Gasteiger partial charge in [0.2, 0.25) is 0 Å². The molecule has 0 radical (unpaired) electrons. The Morgan fingerprint density at radius 3 is 2.70 bits per heavy atom. The molecular formula is C16H12BrN3O3. The van der Waals surface area contributed by atoms with E-state index in [0.29, 0.717) is 22.4 Å². The number of H-pyrrole nitrogens is 1. The Labute approximate surface area is 139 Å². The number of hydrogen-bond donors (Lipinski definition) is 1. The highest BCUT2D eigenvalue weighted by Gasteiger charge is 2.11. The highest BCUT2D eigenvalue weighted by molar-refractivity contribution is 9.10. The largest absolute Gasteiger partial charge is 0.459 e. The van der Waals surface area contributed by atoms with Crippen LogP contribution >= 0.6 is 15.9 Å². The topological polar surface area (TPSA) is 84.9 Å². The summed E-state index contributed by atoms with van der Waals surface area (Å²) in [5, 5.41) is 0.406. The van der Waals surface area contributed by atoms with Gasteiger partial charge >= 0.3 is 5.97 Å². The molecule has 23 heavy (non-hydrogen) atoms. The van der Waals surface area contributed by atoms with E-state index in [1.54, 1.807) is 6.07 Å². The maximum absolute atomic E-state index is 12.3. The Morgan fingerprint density at radius 1 is 1.26 bits per heavy atom. The smallest absolute Gasteiger partial charge is 0.303 e. The maximum Gasteiger partial charge on any atom is 0.303 e. The molecule has 0 atom stereocenters. The number of fused-ring (bicyclic) bond motifs is 1. The van der Waals surface area contributed by atoms with Gasteiger partial charge in [-0.05, 0) is 18.2 Å². The number of ether oxygens (including phenoxy) is 1. The molecule has 2 heterocycles. The summed E-state index contributed by atoms with van der Waals surface area (Å²) in [6.45, 7) is 1.29. The van der Waals surface area contributed by atoms with E-state index in [-0.39, 0.29) is 12.2 Å². The van der Waals surface area contributed by atoms with Crippen molar-refractivity contribution >= 4 is 32.8 Å². The maximum atomic E-state index is 12.3. The van der Waals surface area contributed by atoms with Gasteiger partial charge in [-0.2, -0.15) is 0 Å². The number of benzene rings is 1. The monoisotopic (exact) mass is 373 g/mol. The number of carbonyl (C=O) groups is 1. The molecule has 0 fully saturated rings. The Morgan fingerprint density at radius 2 is 2.00 bits per heavy atom. The number of aromatic nitrogens is 3. The molecule has 0 saturated heterocycles. The number of rotatable bonds is 3. The Balaban J connectivity index is 2.15. The summed E-state index contributed by atoms with van der Waals surface area (Å²) in [4.78, 5) is 34.7. The van der Waals surface area contributed by atoms with Crippen LogP contribution in [0.3, 0.4) is 0 Å². The van der Waals surface area contributed by atoms with E-state index in [2.05, 4.69) is 30.9 Å². The van der Waals surface area contributed by atoms with Crippen molar-refractivity contribution < 1.29 is 9.53 Å². The summed E-state index contributed by atoms with van der Waals surface area (Å²) in [6, 6.07) is 9.00. The molecule has 0 aliphatic rings. The number of aromatic amines is 1. The number of esters is 1. The van der Waals surface area contributed by atoms with E-state index in [1.165, 1.54) is 13.1 Å². The third kappa shape index (κ3) is 3.29. The van der Waals surface area contributed by atoms with Crippen LogP contribution in [0.15, 0.2) is 45.8 Å². The average Bonchev–Trinajstić information content (AvgIpc) is 2.53. The minimum atomic E-state index is -0.415. The summed E-state index contributed by atoms with van der Waals surface area (Å²) in [6.07, 6.45) is 1.50. The molecular weight excluding hydrogens is 362 g/mol. The van der Waals surface area contributed by atoms with Crippen LogP contribution in [-0.2, 0) is 16.1 Å². The molecule has 0 spiro atoms. The van der Waals surface area contributed by atoms with Gasteiger partial charge in [-0.1, -0.05) is 28.1 Å². The Bertz CT molecular complexity index is 935. The van der Waals surface area contributed by atoms with Crippen molar-refractivity contribution in [3.8, 4) is 11.4 Å². The SMILES string of the molecule is CC(=O)OCc1nccc2c(=O)[nH]c(-c3ccc(Br)cc3)nc12. The second-order valence-electron chi connectivity index (χ2n) is 4.86. The van der Waals surface area contributed by atoms with Crippen LogP contribution in [0.4, 0.5) is 0 Å². The number of nitrogens with zero attached hydrogens (tertiary/aromatic N) is 2. The van der Waals surface area contributed by atoms with Crippen molar-refractivity contribution in [2.24, 2.45) is 0 Å². The summed E-state index contributed by atoms with van der Waals surface area (Å²) >= 11 is 3.37. The van der Waals surface area contributed by atoms with Crippen LogP contribution in [0.1, 0.15) is 12.6 Å². The first kappa shape index (κ1) is 15.4. The fourth-order valence-corrected chi connectivity index (χ4v) is 2.40. The standard InChI is InChI=1S/C16H12BrN3O3/c1-9(21)23-8-13-14-12(6-7-18-13)16(22)20-15(19-14)10-2-4-11(17)5-3-10/h2-7H,8H2,1H3,(H,19,20,22). The predicted molar refractivity (Wildman–Crippen MR) is 88.8 cm³/mol. The van der Waals surface area contributed by atoms with Gasteiger partial charge in [-0.15, -0.1) is 0 Å². The van der Waals surface area contributed by atoms with Gasteiger partial charge in [0.1, 0.15) is 23.6 Å². The number of halogens is 1. The second-order valence-corrected chi connectivity index (χ2v) is 5.77. The van der Waals surface area contributed by atoms with E-state index in [1.807, 2.05) is 24.3 Å². The van der Waals surface area contributed by atoms with E-state index >= 15 is 0 Å². The van der Waals surface area contributed by atoms with E-state index in [4.69, 9.17) is 4.74 Å². The van der Waals surface area contributed by atoms with Crippen molar-refractivity contribution in [1.29, 1.82) is 0 Å². The third-order valence-corrected chi connectivity index (χ3v) is 3.76. The van der Waals surface area contributed by atoms with Crippen LogP contribution in [0, 0.1) is 0 Å². The van der Waals surface area contributed by atoms with Gasteiger partial charge in [0.25, 0.3) is 5.56 Å². The minimum Gasteiger partial charge on any atom is -0.459 e. The van der Waals surface area contributed by atoms with Crippen molar-refractivity contribution in [3.05, 3.63) is 57.0 Å². The molecule has 1 N–H and O–H groups in total. The fourth-order valence-electron chi connectivity index (χ4n) is 2.14. The minimum absolute atomic E-state index is 0.0249. The number of carbonyl (C=O) groups excluding carboxylic acids is 1. The van der Waals surface area contributed by atoms with Crippen LogP contribution in [0.2, 0.25) is 0 Å². The zero-order valence-corrected chi connectivity index (χ0v) is 13.8. The number of nitrogens with one attached hydrogen (secondary N) is 1. The summed E-state index contributed by atoms with van der Waals surface area (Å²) in [5.41, 5.74) is 1.38. The Kier molecular flexibility index (Phi) is 4.20. The molecule has 0 bridgehead atoms. The zero-order chi connectivity index (χ0) is 16.4. The van der Waals surface area contributed by atoms with E-state index < -0.39 is 5.97 Å². The van der Waals surface area contributed by atoms with Crippen LogP contribution in [0.25, 0.3) is 22.3 Å². The lowest BCUT2D eigenvalue weighted by atomic mass is 10.2. The fraction of sp³-hybridized carbons (Fsp3) is 0.125. The zero-order valence-electron chi connectivity index (χ0n) is 12.2. The normalized spacial score (nSPS) is 10.7. The average molecular weight is 374 g/mol. The quantitative estimate of drug-likeness (QED) is 0.713. The first-order valence-electron chi connectivity index (χ1n) is 6.82. The van der Waals surface area contributed by atoms with Crippen LogP contribution in [-0.4, -0.2) is 20.9 Å². The highest BCUT2D eigenvalue weighted by Crippen LogP contribution is 2.20. The first-order valence-corrected chi connectivity index (χ1v) is 7.61. The van der Waals surface area contributed by atoms with Crippen molar-refractivity contribution in [2.45, 2.75) is 13.5 Å². The molecule has 0 saturated carbocycles. The molecule has 2 aromatic heterocycles. The molecule has 0 aliphatic carbocycles. The lowest BCUT2D eigenvalue weighted by molar-refractivity contribution is -0.142. The second kappa shape index (κ2) is 6.29. The van der Waals surface area contributed by atoms with Gasteiger partial charge in [0.05, 0.1) is 5.39 Å². The van der Waals surface area contributed by atoms with Crippen LogP contribution in [0.5, 0.6) is 0 Å². The molecule has 116 valence electrons. The third-order valence-electron chi connectivity index (χ3n) is 3.23. The summed E-state index contributed by atoms with van der Waals surface area (Å²) in [7, 11) is 0.